The van der Waals surface area contributed by atoms with Gasteiger partial charge in [-0.25, -0.2) is 0 Å². The average molecular weight is 301 g/mol. The summed E-state index contributed by atoms with van der Waals surface area (Å²) in [5, 5.41) is 0. The van der Waals surface area contributed by atoms with Crippen LogP contribution in [0.2, 0.25) is 0 Å². The van der Waals surface area contributed by atoms with Crippen LogP contribution in [0.1, 0.15) is 30.0 Å². The fourth-order valence-corrected chi connectivity index (χ4v) is 3.29. The molecule has 4 rings (SSSR count). The van der Waals surface area contributed by atoms with E-state index in [-0.39, 0.29) is 5.78 Å². The minimum Gasteiger partial charge on any atom is -0.293 e. The Hall–Kier alpha value is -2.88. The van der Waals surface area contributed by atoms with Crippen molar-refractivity contribution in [1.82, 2.24) is 9.97 Å². The van der Waals surface area contributed by atoms with Gasteiger partial charge in [0.2, 0.25) is 0 Å². The third-order valence-electron chi connectivity index (χ3n) is 4.57. The molecule has 0 spiro atoms. The van der Waals surface area contributed by atoms with E-state index in [0.717, 1.165) is 22.4 Å². The molecule has 2 aromatic heterocycles. The molecule has 0 fully saturated rings. The number of carbonyl (C=O) groups excluding carboxylic acids is 1. The van der Waals surface area contributed by atoms with Crippen molar-refractivity contribution in [2.75, 3.05) is 0 Å². The summed E-state index contributed by atoms with van der Waals surface area (Å²) in [6, 6.07) is 5.73. The van der Waals surface area contributed by atoms with Gasteiger partial charge in [0.15, 0.2) is 5.78 Å². The highest BCUT2D eigenvalue weighted by Gasteiger charge is 2.46. The van der Waals surface area contributed by atoms with Gasteiger partial charge in [-0.15, -0.1) is 0 Å². The molecule has 4 nitrogen and oxygen atoms in total. The molecule has 2 aliphatic rings. The van der Waals surface area contributed by atoms with E-state index >= 15 is 0 Å². The highest BCUT2D eigenvalue weighted by atomic mass is 16.1. The highest BCUT2D eigenvalue weighted by molar-refractivity contribution is 6.35. The van der Waals surface area contributed by atoms with Crippen molar-refractivity contribution in [3.05, 3.63) is 83.6 Å². The highest BCUT2D eigenvalue weighted by Crippen LogP contribution is 2.42. The maximum absolute atomic E-state index is 13.4. The van der Waals surface area contributed by atoms with Crippen LogP contribution in [0.5, 0.6) is 0 Å². The third kappa shape index (κ3) is 1.91. The summed E-state index contributed by atoms with van der Waals surface area (Å²) >= 11 is 0. The van der Waals surface area contributed by atoms with Crippen molar-refractivity contribution in [3.8, 4) is 0 Å². The van der Waals surface area contributed by atoms with Crippen molar-refractivity contribution in [2.45, 2.75) is 18.8 Å². The summed E-state index contributed by atoms with van der Waals surface area (Å²) in [5.74, 6) is 0.0495. The van der Waals surface area contributed by atoms with E-state index in [4.69, 9.17) is 0 Å². The van der Waals surface area contributed by atoms with Crippen LogP contribution in [0.4, 0.5) is 0 Å². The van der Waals surface area contributed by atoms with Crippen LogP contribution in [0.3, 0.4) is 0 Å². The Bertz CT molecular complexity index is 880. The lowest BCUT2D eigenvalue weighted by molar-refractivity contribution is -0.118. The van der Waals surface area contributed by atoms with Crippen molar-refractivity contribution < 1.29 is 4.79 Å². The van der Waals surface area contributed by atoms with Crippen LogP contribution in [0, 0.1) is 0 Å². The number of rotatable bonds is 1. The number of allylic oxidation sites excluding steroid dienone is 3. The topological polar surface area (TPSA) is 55.2 Å². The first-order valence-corrected chi connectivity index (χ1v) is 7.56. The van der Waals surface area contributed by atoms with Crippen LogP contribution in [-0.4, -0.2) is 21.5 Å². The fourth-order valence-electron chi connectivity index (χ4n) is 3.29. The van der Waals surface area contributed by atoms with E-state index in [0.29, 0.717) is 12.0 Å². The fraction of sp³-hybridized carbons (Fsp3) is 0.158. The SMILES string of the molecule is CC1(c2cccnc2)C(=O)C2=CCC=CN=C2c2ccncc21. The molecule has 0 saturated carbocycles. The van der Waals surface area contributed by atoms with Crippen LogP contribution in [0.25, 0.3) is 0 Å². The number of fused-ring (bicyclic) bond motifs is 3. The number of Topliss-reactive ketones (excluding diaryl/α,β-unsaturated/α-hetero) is 1. The largest absolute Gasteiger partial charge is 0.293 e. The number of ketones is 1. The van der Waals surface area contributed by atoms with Crippen molar-refractivity contribution in [2.24, 2.45) is 4.99 Å². The van der Waals surface area contributed by atoms with Crippen LogP contribution in [0.15, 0.2) is 71.9 Å². The molecular weight excluding hydrogens is 286 g/mol. The van der Waals surface area contributed by atoms with E-state index < -0.39 is 5.41 Å². The standard InChI is InChI=1S/C19H15N3O/c1-19(13-5-4-8-20-11-13)16-12-21-10-7-14(16)17-15(18(19)23)6-2-3-9-22-17/h3-12H,2H2,1H3. The monoisotopic (exact) mass is 301 g/mol. The van der Waals surface area contributed by atoms with E-state index in [9.17, 15) is 4.79 Å². The Morgan fingerprint density at radius 1 is 1.13 bits per heavy atom. The van der Waals surface area contributed by atoms with Crippen molar-refractivity contribution in [1.29, 1.82) is 0 Å². The van der Waals surface area contributed by atoms with Gasteiger partial charge in [-0.05, 0) is 36.6 Å². The lowest BCUT2D eigenvalue weighted by Gasteiger charge is -2.36. The quantitative estimate of drug-likeness (QED) is 0.813. The maximum Gasteiger partial charge on any atom is 0.179 e. The molecule has 2 aromatic rings. The molecule has 0 saturated heterocycles. The third-order valence-corrected chi connectivity index (χ3v) is 4.57. The second kappa shape index (κ2) is 5.09. The molecular formula is C19H15N3O. The normalized spacial score (nSPS) is 22.6. The Labute approximate surface area is 134 Å². The molecule has 0 amide bonds. The molecule has 3 heterocycles. The summed E-state index contributed by atoms with van der Waals surface area (Å²) in [4.78, 5) is 26.3. The first-order valence-electron chi connectivity index (χ1n) is 7.56. The van der Waals surface area contributed by atoms with Gasteiger partial charge in [0, 0.05) is 42.1 Å². The minimum absolute atomic E-state index is 0.0495. The van der Waals surface area contributed by atoms with Gasteiger partial charge < -0.3 is 0 Å². The summed E-state index contributed by atoms with van der Waals surface area (Å²) in [5.41, 5.74) is 3.33. The van der Waals surface area contributed by atoms with Crippen LogP contribution < -0.4 is 0 Å². The first kappa shape index (κ1) is 13.8. The second-order valence-electron chi connectivity index (χ2n) is 5.83. The van der Waals surface area contributed by atoms with Gasteiger partial charge in [-0.3, -0.25) is 19.8 Å². The Morgan fingerprint density at radius 3 is 2.83 bits per heavy atom. The molecule has 0 bridgehead atoms. The van der Waals surface area contributed by atoms with Gasteiger partial charge in [0.25, 0.3) is 0 Å². The lowest BCUT2D eigenvalue weighted by atomic mass is 9.65. The molecule has 0 aromatic carbocycles. The van der Waals surface area contributed by atoms with Crippen LogP contribution >= 0.6 is 0 Å². The smallest absolute Gasteiger partial charge is 0.179 e. The zero-order valence-electron chi connectivity index (χ0n) is 12.7. The Balaban J connectivity index is 2.06. The first-order chi connectivity index (χ1) is 11.2. The molecule has 0 N–H and O–H groups in total. The van der Waals surface area contributed by atoms with Gasteiger partial charge in [-0.1, -0.05) is 18.2 Å². The number of carbonyl (C=O) groups is 1. The zero-order valence-corrected chi connectivity index (χ0v) is 12.7. The number of pyridine rings is 2. The van der Waals surface area contributed by atoms with Gasteiger partial charge >= 0.3 is 0 Å². The van der Waals surface area contributed by atoms with E-state index in [1.807, 2.05) is 37.3 Å². The molecule has 23 heavy (non-hydrogen) atoms. The average Bonchev–Trinajstić information content (AvgIpc) is 2.86. The molecule has 1 aliphatic carbocycles. The minimum atomic E-state index is -0.799. The summed E-state index contributed by atoms with van der Waals surface area (Å²) in [6.07, 6.45) is 13.4. The van der Waals surface area contributed by atoms with Crippen molar-refractivity contribution >= 4 is 11.5 Å². The van der Waals surface area contributed by atoms with Gasteiger partial charge in [0.1, 0.15) is 0 Å². The predicted octanol–water partition coefficient (Wildman–Crippen LogP) is 3.00. The van der Waals surface area contributed by atoms with Gasteiger partial charge in [-0.2, -0.15) is 0 Å². The second-order valence-corrected chi connectivity index (χ2v) is 5.83. The van der Waals surface area contributed by atoms with Crippen molar-refractivity contribution in [3.63, 3.8) is 0 Å². The number of nitrogens with zero attached hydrogens (tertiary/aromatic N) is 3. The molecule has 112 valence electrons. The van der Waals surface area contributed by atoms with Crippen LogP contribution in [-0.2, 0) is 10.2 Å². The molecule has 1 atom stereocenters. The lowest BCUT2D eigenvalue weighted by Crippen LogP contribution is -2.42. The molecule has 4 heteroatoms. The summed E-state index contributed by atoms with van der Waals surface area (Å²) in [6.45, 7) is 1.95. The van der Waals surface area contributed by atoms with E-state index in [1.165, 1.54) is 0 Å². The van der Waals surface area contributed by atoms with E-state index in [2.05, 4.69) is 15.0 Å². The summed E-state index contributed by atoms with van der Waals surface area (Å²) < 4.78 is 0. The van der Waals surface area contributed by atoms with E-state index in [1.54, 1.807) is 31.0 Å². The van der Waals surface area contributed by atoms with Gasteiger partial charge in [0.05, 0.1) is 11.1 Å². The Morgan fingerprint density at radius 2 is 2.00 bits per heavy atom. The molecule has 0 radical (unpaired) electrons. The summed E-state index contributed by atoms with van der Waals surface area (Å²) in [7, 11) is 0. The number of aromatic nitrogens is 2. The zero-order chi connectivity index (χ0) is 15.9. The maximum atomic E-state index is 13.4. The molecule has 1 unspecified atom stereocenters. The Kier molecular flexibility index (Phi) is 3.05. The molecule has 1 aliphatic heterocycles. The number of aliphatic imine (C=N–C) groups is 1. The number of hydrogen-bond acceptors (Lipinski definition) is 4. The predicted molar refractivity (Wildman–Crippen MR) is 88.3 cm³/mol. The number of hydrogen-bond donors (Lipinski definition) is 0.